The first-order valence-corrected chi connectivity index (χ1v) is 20.7. The molecule has 9 N–H and O–H groups in total. The van der Waals surface area contributed by atoms with Gasteiger partial charge in [0.25, 0.3) is 0 Å². The lowest BCUT2D eigenvalue weighted by molar-refractivity contribution is -0.345. The molecule has 0 unspecified atom stereocenters. The minimum atomic E-state index is -1.63. The van der Waals surface area contributed by atoms with E-state index >= 15 is 0 Å². The van der Waals surface area contributed by atoms with Crippen molar-refractivity contribution in [2.24, 2.45) is 45.3 Å². The first-order chi connectivity index (χ1) is 25.6. The largest absolute Gasteiger partial charge is 0.400 e. The molecule has 6 rings (SSSR count). The van der Waals surface area contributed by atoms with Gasteiger partial charge in [0.15, 0.2) is 12.6 Å². The second kappa shape index (κ2) is 16.7. The predicted molar refractivity (Wildman–Crippen MR) is 203 cm³/mol. The van der Waals surface area contributed by atoms with Crippen LogP contribution in [-0.2, 0) is 18.9 Å². The van der Waals surface area contributed by atoms with Crippen LogP contribution in [0.25, 0.3) is 0 Å². The van der Waals surface area contributed by atoms with Crippen molar-refractivity contribution < 1.29 is 64.9 Å². The highest BCUT2D eigenvalue weighted by atomic mass is 16.7. The molecule has 4 saturated carbocycles. The Balaban J connectivity index is 0.00000285. The number of rotatable bonds is 9. The zero-order valence-corrected chi connectivity index (χ0v) is 34.7. The minimum absolute atomic E-state index is 0.00324. The van der Waals surface area contributed by atoms with Crippen LogP contribution in [0.5, 0.6) is 0 Å². The lowest BCUT2D eigenvalue weighted by Crippen LogP contribution is -2.67. The number of hydrogen-bond acceptors (Lipinski definition) is 13. The van der Waals surface area contributed by atoms with Crippen LogP contribution < -0.4 is 0 Å². The number of hydrogen-bond donors (Lipinski definition) is 9. The Labute approximate surface area is 328 Å². The van der Waals surface area contributed by atoms with Crippen LogP contribution >= 0.6 is 0 Å². The van der Waals surface area contributed by atoms with E-state index in [4.69, 9.17) is 24.1 Å². The van der Waals surface area contributed by atoms with Crippen LogP contribution in [0.2, 0.25) is 0 Å². The van der Waals surface area contributed by atoms with Gasteiger partial charge in [-0.25, -0.2) is 0 Å². The maximum absolute atomic E-state index is 12.4. The molecule has 55 heavy (non-hydrogen) atoms. The molecule has 0 amide bonds. The van der Waals surface area contributed by atoms with Gasteiger partial charge in [-0.3, -0.25) is 0 Å². The Bertz CT molecular complexity index is 1330. The van der Waals surface area contributed by atoms with Crippen molar-refractivity contribution in [3.63, 3.8) is 0 Å². The fourth-order valence-electron chi connectivity index (χ4n) is 12.9. The van der Waals surface area contributed by atoms with Crippen molar-refractivity contribution in [3.05, 3.63) is 11.6 Å². The molecule has 2 aliphatic heterocycles. The number of aliphatic hydroxyl groups excluding tert-OH is 9. The average molecular weight is 787 g/mol. The van der Waals surface area contributed by atoms with Gasteiger partial charge in [0.2, 0.25) is 0 Å². The smallest absolute Gasteiger partial charge is 0.187 e. The van der Waals surface area contributed by atoms with Crippen LogP contribution in [0.1, 0.15) is 113 Å². The Morgan fingerprint density at radius 2 is 1.38 bits per heavy atom. The summed E-state index contributed by atoms with van der Waals surface area (Å²) in [5, 5.41) is 94.0. The van der Waals surface area contributed by atoms with Crippen LogP contribution in [0.3, 0.4) is 0 Å². The van der Waals surface area contributed by atoms with Gasteiger partial charge in [-0.15, -0.1) is 0 Å². The van der Waals surface area contributed by atoms with Crippen molar-refractivity contribution in [1.29, 1.82) is 0 Å². The Kier molecular flexibility index (Phi) is 13.8. The van der Waals surface area contributed by atoms with Crippen molar-refractivity contribution in [3.8, 4) is 0 Å². The van der Waals surface area contributed by atoms with Gasteiger partial charge in [0, 0.05) is 7.11 Å². The molecule has 13 nitrogen and oxygen atoms in total. The third-order valence-electron chi connectivity index (χ3n) is 16.3. The van der Waals surface area contributed by atoms with Crippen LogP contribution in [0.15, 0.2) is 11.6 Å². The number of ether oxygens (including phenoxy) is 4. The van der Waals surface area contributed by atoms with Gasteiger partial charge in [0.05, 0.1) is 31.0 Å². The Morgan fingerprint density at radius 3 is 2.04 bits per heavy atom. The van der Waals surface area contributed by atoms with Gasteiger partial charge >= 0.3 is 0 Å². The maximum Gasteiger partial charge on any atom is 0.187 e. The second-order valence-corrected chi connectivity index (χ2v) is 19.7. The van der Waals surface area contributed by atoms with Crippen molar-refractivity contribution >= 4 is 0 Å². The highest BCUT2D eigenvalue weighted by Gasteiger charge is 2.71. The third kappa shape index (κ3) is 7.75. The molecule has 320 valence electrons. The molecule has 0 aromatic carbocycles. The van der Waals surface area contributed by atoms with Gasteiger partial charge in [0.1, 0.15) is 42.7 Å². The monoisotopic (exact) mass is 787 g/mol. The quantitative estimate of drug-likeness (QED) is 0.154. The molecule has 0 spiro atoms. The molecule has 13 heteroatoms. The van der Waals surface area contributed by atoms with E-state index in [2.05, 4.69) is 40.7 Å². The SMILES string of the molecule is CC(C)=CCC[C@](C)(O[C@@H]1O[C@H](CO[C@@H]2OC[C@@H](O)[C@H](O)[C@H]2O)[C@@H](O)[C@H](O)[C@H]1O)[C@H]1CC[C@]2(C)[C@@H]1[C@H](O)C[C@@H]1[C@@]3(C)CC[C@H](O)C(C)(C)[C@@H]3CC[C@]12C.CO. The van der Waals surface area contributed by atoms with Crippen LogP contribution in [-0.4, -0.2) is 139 Å². The molecule has 0 radical (unpaired) electrons. The topological polar surface area (TPSA) is 219 Å². The minimum Gasteiger partial charge on any atom is -0.400 e. The standard InChI is InChI=1S/C41H70O12.CH4O/c1-21(2)10-9-14-41(8,53-36-34(49)32(47)31(46)25(52-36)20-51-35-33(48)30(45)24(43)19-50-35)22-11-16-40(7)29(22)23(42)18-27-38(5)15-13-28(44)37(3,4)26(38)12-17-39(27,40)6;1-2/h10,22-36,42-49H,9,11-20H2,1-8H3;2H,1H3/t22-,23+,24+,25+,26-,27+,28-,29-,30-,31+,32-,33+,34+,35-,36-,38-,39+,40+,41-;/m0./s1. The summed E-state index contributed by atoms with van der Waals surface area (Å²) in [6.45, 7) is 17.2. The molecule has 19 atom stereocenters. The lowest BCUT2D eigenvalue weighted by atomic mass is 9.35. The first-order valence-electron chi connectivity index (χ1n) is 20.7. The van der Waals surface area contributed by atoms with E-state index in [1.807, 2.05) is 20.8 Å². The second-order valence-electron chi connectivity index (χ2n) is 19.7. The summed E-state index contributed by atoms with van der Waals surface area (Å²) in [6.07, 6.45) is -4.18. The zero-order chi connectivity index (χ0) is 41.1. The summed E-state index contributed by atoms with van der Waals surface area (Å²) in [6, 6.07) is 0. The average Bonchev–Trinajstić information content (AvgIpc) is 3.52. The molecular weight excluding hydrogens is 712 g/mol. The molecule has 0 aromatic heterocycles. The van der Waals surface area contributed by atoms with E-state index < -0.39 is 67.0 Å². The van der Waals surface area contributed by atoms with E-state index in [1.165, 1.54) is 0 Å². The zero-order valence-electron chi connectivity index (χ0n) is 34.7. The molecule has 0 aromatic rings. The summed E-state index contributed by atoms with van der Waals surface area (Å²) in [5.41, 5.74) is -0.185. The van der Waals surface area contributed by atoms with Gasteiger partial charge in [-0.2, -0.15) is 0 Å². The van der Waals surface area contributed by atoms with Crippen LogP contribution in [0.4, 0.5) is 0 Å². The van der Waals surface area contributed by atoms with Gasteiger partial charge in [-0.05, 0) is 124 Å². The van der Waals surface area contributed by atoms with E-state index in [0.29, 0.717) is 31.1 Å². The molecule has 6 fully saturated rings. The highest BCUT2D eigenvalue weighted by Crippen LogP contribution is 2.76. The predicted octanol–water partition coefficient (Wildman–Crippen LogP) is 2.40. The molecule has 2 saturated heterocycles. The highest BCUT2D eigenvalue weighted by molar-refractivity contribution is 5.20. The van der Waals surface area contributed by atoms with E-state index in [1.54, 1.807) is 0 Å². The summed E-state index contributed by atoms with van der Waals surface area (Å²) in [5.74, 6) is 0.469. The number of allylic oxidation sites excluding steroid dienone is 2. The first kappa shape index (κ1) is 45.3. The molecule has 0 bridgehead atoms. The van der Waals surface area contributed by atoms with E-state index in [-0.39, 0.29) is 52.8 Å². The fraction of sp³-hybridized carbons (Fsp3) is 0.952. The van der Waals surface area contributed by atoms with Crippen LogP contribution in [0, 0.1) is 45.3 Å². The molecule has 4 aliphatic carbocycles. The van der Waals surface area contributed by atoms with Gasteiger partial charge in [-0.1, -0.05) is 46.3 Å². The lowest BCUT2D eigenvalue weighted by Gasteiger charge is -2.70. The number of fused-ring (bicyclic) bond motifs is 5. The van der Waals surface area contributed by atoms with Crippen molar-refractivity contribution in [1.82, 2.24) is 0 Å². The Hall–Kier alpha value is -0.780. The summed E-state index contributed by atoms with van der Waals surface area (Å²) in [7, 11) is 1.00. The molecule has 6 aliphatic rings. The summed E-state index contributed by atoms with van der Waals surface area (Å²) < 4.78 is 24.1. The number of aliphatic hydroxyl groups is 9. The Morgan fingerprint density at radius 1 is 0.745 bits per heavy atom. The maximum atomic E-state index is 12.4. The summed E-state index contributed by atoms with van der Waals surface area (Å²) >= 11 is 0. The van der Waals surface area contributed by atoms with E-state index in [9.17, 15) is 40.9 Å². The van der Waals surface area contributed by atoms with E-state index in [0.717, 1.165) is 51.2 Å². The molecule has 2 heterocycles. The van der Waals surface area contributed by atoms with Gasteiger partial charge < -0.3 is 64.9 Å². The fourth-order valence-corrected chi connectivity index (χ4v) is 12.9. The normalized spacial score (nSPS) is 50.3. The third-order valence-corrected chi connectivity index (χ3v) is 16.3. The molecular formula is C42H74O13. The van der Waals surface area contributed by atoms with Crippen molar-refractivity contribution in [2.75, 3.05) is 20.3 Å². The summed E-state index contributed by atoms with van der Waals surface area (Å²) in [4.78, 5) is 0. The van der Waals surface area contributed by atoms with Crippen molar-refractivity contribution in [2.45, 2.75) is 186 Å².